The first-order chi connectivity index (χ1) is 6.84. The van der Waals surface area contributed by atoms with E-state index in [4.69, 9.17) is 4.74 Å². The van der Waals surface area contributed by atoms with Crippen LogP contribution in [0.3, 0.4) is 0 Å². The summed E-state index contributed by atoms with van der Waals surface area (Å²) in [5, 5.41) is 0. The molecule has 0 saturated carbocycles. The molecule has 1 aromatic rings. The molecule has 2 rings (SSSR count). The summed E-state index contributed by atoms with van der Waals surface area (Å²) in [6.07, 6.45) is 6.96. The van der Waals surface area contributed by atoms with Crippen LogP contribution >= 0.6 is 15.9 Å². The molecule has 0 amide bonds. The Morgan fingerprint density at radius 1 is 1.29 bits per heavy atom. The molecule has 1 aliphatic heterocycles. The van der Waals surface area contributed by atoms with Crippen LogP contribution < -0.4 is 0 Å². The highest BCUT2D eigenvalue weighted by Crippen LogP contribution is 2.16. The number of benzene rings is 1. The third-order valence-electron chi connectivity index (χ3n) is 2.34. The van der Waals surface area contributed by atoms with Crippen LogP contribution in [0.2, 0.25) is 0 Å². The molecule has 1 nitrogen and oxygen atoms in total. The van der Waals surface area contributed by atoms with Crippen molar-refractivity contribution in [1.82, 2.24) is 0 Å². The van der Waals surface area contributed by atoms with Crippen LogP contribution in [-0.2, 0) is 4.74 Å². The van der Waals surface area contributed by atoms with Crippen molar-refractivity contribution in [3.8, 4) is 0 Å². The van der Waals surface area contributed by atoms with Crippen LogP contribution in [0.1, 0.15) is 18.4 Å². The van der Waals surface area contributed by atoms with E-state index in [0.29, 0.717) is 6.10 Å². The Bertz CT molecular complexity index is 310. The average Bonchev–Trinajstić information content (AvgIpc) is 2.70. The van der Waals surface area contributed by atoms with Crippen molar-refractivity contribution in [1.29, 1.82) is 0 Å². The molecule has 1 heterocycles. The number of ether oxygens (including phenoxy) is 1. The number of halogens is 1. The van der Waals surface area contributed by atoms with Gasteiger partial charge in [0.1, 0.15) is 0 Å². The van der Waals surface area contributed by atoms with Crippen LogP contribution in [0.5, 0.6) is 0 Å². The summed E-state index contributed by atoms with van der Waals surface area (Å²) < 4.78 is 6.62. The predicted octanol–water partition coefficient (Wildman–Crippen LogP) is 3.64. The molecule has 0 N–H and O–H groups in total. The topological polar surface area (TPSA) is 9.23 Å². The molecule has 1 saturated heterocycles. The lowest BCUT2D eigenvalue weighted by atomic mass is 10.1. The monoisotopic (exact) mass is 252 g/mol. The molecule has 74 valence electrons. The standard InChI is InChI=1S/C12H13BrO/c13-11-6-3-10(4-7-11)5-8-12-2-1-9-14-12/h3-8,12H,1-2,9H2. The molecule has 2 heteroatoms. The van der Waals surface area contributed by atoms with Crippen molar-refractivity contribution in [2.75, 3.05) is 6.61 Å². The first kappa shape index (κ1) is 9.94. The summed E-state index contributed by atoms with van der Waals surface area (Å²) in [6, 6.07) is 8.29. The Hall–Kier alpha value is -0.600. The molecule has 0 aliphatic carbocycles. The molecule has 0 aromatic heterocycles. The highest BCUT2D eigenvalue weighted by molar-refractivity contribution is 9.10. The van der Waals surface area contributed by atoms with Gasteiger partial charge in [-0.15, -0.1) is 0 Å². The molecule has 1 atom stereocenters. The van der Waals surface area contributed by atoms with E-state index in [1.54, 1.807) is 0 Å². The molecule has 1 aliphatic rings. The number of hydrogen-bond acceptors (Lipinski definition) is 1. The molecular weight excluding hydrogens is 240 g/mol. The minimum Gasteiger partial charge on any atom is -0.374 e. The lowest BCUT2D eigenvalue weighted by Gasteiger charge is -2.01. The van der Waals surface area contributed by atoms with Crippen LogP contribution in [0.25, 0.3) is 6.08 Å². The third kappa shape index (κ3) is 2.69. The second-order valence-electron chi connectivity index (χ2n) is 3.46. The second kappa shape index (κ2) is 4.76. The average molecular weight is 253 g/mol. The summed E-state index contributed by atoms with van der Waals surface area (Å²) in [7, 11) is 0. The minimum atomic E-state index is 0.332. The molecule has 14 heavy (non-hydrogen) atoms. The zero-order valence-corrected chi connectivity index (χ0v) is 9.53. The quantitative estimate of drug-likeness (QED) is 0.781. The number of hydrogen-bond donors (Lipinski definition) is 0. The maximum atomic E-state index is 5.50. The van der Waals surface area contributed by atoms with E-state index in [2.05, 4.69) is 52.3 Å². The molecule has 0 radical (unpaired) electrons. The molecular formula is C12H13BrO. The van der Waals surface area contributed by atoms with Gasteiger partial charge >= 0.3 is 0 Å². The second-order valence-corrected chi connectivity index (χ2v) is 4.38. The van der Waals surface area contributed by atoms with Gasteiger partial charge in [-0.1, -0.05) is 40.2 Å². The van der Waals surface area contributed by atoms with Gasteiger partial charge in [0.05, 0.1) is 6.10 Å². The molecule has 1 unspecified atom stereocenters. The summed E-state index contributed by atoms with van der Waals surface area (Å²) in [5.41, 5.74) is 1.23. The van der Waals surface area contributed by atoms with Gasteiger partial charge in [-0.25, -0.2) is 0 Å². The normalized spacial score (nSPS) is 21.9. The van der Waals surface area contributed by atoms with Gasteiger partial charge in [0.2, 0.25) is 0 Å². The van der Waals surface area contributed by atoms with E-state index in [1.807, 2.05) is 0 Å². The van der Waals surface area contributed by atoms with Gasteiger partial charge in [-0.2, -0.15) is 0 Å². The van der Waals surface area contributed by atoms with E-state index < -0.39 is 0 Å². The van der Waals surface area contributed by atoms with Crippen molar-refractivity contribution in [2.24, 2.45) is 0 Å². The van der Waals surface area contributed by atoms with Crippen molar-refractivity contribution in [2.45, 2.75) is 18.9 Å². The fraction of sp³-hybridized carbons (Fsp3) is 0.333. The van der Waals surface area contributed by atoms with E-state index in [0.717, 1.165) is 17.5 Å². The summed E-state index contributed by atoms with van der Waals surface area (Å²) in [4.78, 5) is 0. The van der Waals surface area contributed by atoms with Crippen molar-refractivity contribution >= 4 is 22.0 Å². The van der Waals surface area contributed by atoms with E-state index in [9.17, 15) is 0 Å². The molecule has 0 bridgehead atoms. The smallest absolute Gasteiger partial charge is 0.0759 e. The number of rotatable bonds is 2. The predicted molar refractivity (Wildman–Crippen MR) is 62.2 cm³/mol. The zero-order chi connectivity index (χ0) is 9.80. The van der Waals surface area contributed by atoms with Crippen LogP contribution in [0.15, 0.2) is 34.8 Å². The fourth-order valence-electron chi connectivity index (χ4n) is 1.55. The Balaban J connectivity index is 1.99. The lowest BCUT2D eigenvalue weighted by Crippen LogP contribution is -1.98. The Morgan fingerprint density at radius 2 is 2.07 bits per heavy atom. The Kier molecular flexibility index (Phi) is 3.38. The first-order valence-electron chi connectivity index (χ1n) is 4.90. The van der Waals surface area contributed by atoms with E-state index in [-0.39, 0.29) is 0 Å². The fourth-order valence-corrected chi connectivity index (χ4v) is 1.81. The highest BCUT2D eigenvalue weighted by atomic mass is 79.9. The largest absolute Gasteiger partial charge is 0.374 e. The van der Waals surface area contributed by atoms with Gasteiger partial charge < -0.3 is 4.74 Å². The van der Waals surface area contributed by atoms with Crippen LogP contribution in [-0.4, -0.2) is 12.7 Å². The van der Waals surface area contributed by atoms with E-state index in [1.165, 1.54) is 12.0 Å². The maximum absolute atomic E-state index is 5.50. The maximum Gasteiger partial charge on any atom is 0.0759 e. The summed E-state index contributed by atoms with van der Waals surface area (Å²) in [5.74, 6) is 0. The lowest BCUT2D eigenvalue weighted by molar-refractivity contribution is 0.146. The zero-order valence-electron chi connectivity index (χ0n) is 7.95. The van der Waals surface area contributed by atoms with Crippen LogP contribution in [0, 0.1) is 0 Å². The summed E-state index contributed by atoms with van der Waals surface area (Å²) >= 11 is 3.41. The SMILES string of the molecule is Brc1ccc(C=CC2CCCO2)cc1. The molecule has 1 fully saturated rings. The first-order valence-corrected chi connectivity index (χ1v) is 5.69. The van der Waals surface area contributed by atoms with Crippen LogP contribution in [0.4, 0.5) is 0 Å². The van der Waals surface area contributed by atoms with Gasteiger partial charge in [-0.05, 0) is 30.5 Å². The molecule has 1 aromatic carbocycles. The highest BCUT2D eigenvalue weighted by Gasteiger charge is 2.10. The molecule has 0 spiro atoms. The van der Waals surface area contributed by atoms with Gasteiger partial charge in [0.15, 0.2) is 0 Å². The van der Waals surface area contributed by atoms with Crippen molar-refractivity contribution in [3.63, 3.8) is 0 Å². The van der Waals surface area contributed by atoms with Crippen molar-refractivity contribution < 1.29 is 4.74 Å². The third-order valence-corrected chi connectivity index (χ3v) is 2.87. The van der Waals surface area contributed by atoms with Gasteiger partial charge in [0.25, 0.3) is 0 Å². The van der Waals surface area contributed by atoms with Gasteiger partial charge in [0, 0.05) is 11.1 Å². The Labute approximate surface area is 92.9 Å². The minimum absolute atomic E-state index is 0.332. The summed E-state index contributed by atoms with van der Waals surface area (Å²) in [6.45, 7) is 0.912. The van der Waals surface area contributed by atoms with E-state index >= 15 is 0 Å². The van der Waals surface area contributed by atoms with Gasteiger partial charge in [-0.3, -0.25) is 0 Å². The van der Waals surface area contributed by atoms with Crippen molar-refractivity contribution in [3.05, 3.63) is 40.4 Å². The Morgan fingerprint density at radius 3 is 2.71 bits per heavy atom.